The Morgan fingerprint density at radius 1 is 1.50 bits per heavy atom. The first kappa shape index (κ1) is 12.7. The Labute approximate surface area is 99.3 Å². The minimum absolute atomic E-state index is 0.501. The molecule has 1 amide bonds. The number of carbonyl (C=O) groups is 1. The molecule has 0 aliphatic heterocycles. The van der Waals surface area contributed by atoms with E-state index in [1.54, 1.807) is 38.3 Å². The molecule has 0 saturated heterocycles. The number of aryl methyl sites for hydroxylation is 1. The largest absolute Gasteiger partial charge is 0.443 e. The molecule has 1 N–H and O–H groups in total. The molecule has 0 aliphatic rings. The second-order valence-electron chi connectivity index (χ2n) is 4.32. The van der Waals surface area contributed by atoms with Crippen LogP contribution < -0.4 is 5.43 Å². The molecule has 0 aromatic carbocycles. The van der Waals surface area contributed by atoms with Crippen molar-refractivity contribution < 1.29 is 9.53 Å². The molecule has 0 aliphatic carbocycles. The third kappa shape index (κ3) is 4.93. The number of carbonyl (C=O) groups excluding carboxylic acids is 1. The summed E-state index contributed by atoms with van der Waals surface area (Å²) in [6, 6.07) is 3.94. The fraction of sp³-hybridized carbons (Fsp3) is 0.455. The summed E-state index contributed by atoms with van der Waals surface area (Å²) in [6.07, 6.45) is 1.05. The summed E-state index contributed by atoms with van der Waals surface area (Å²) in [7, 11) is 0. The van der Waals surface area contributed by atoms with Crippen molar-refractivity contribution >= 4 is 23.6 Å². The fourth-order valence-electron chi connectivity index (χ4n) is 0.972. The van der Waals surface area contributed by atoms with Crippen LogP contribution in [0.5, 0.6) is 0 Å². The summed E-state index contributed by atoms with van der Waals surface area (Å²) in [4.78, 5) is 13.4. The van der Waals surface area contributed by atoms with Gasteiger partial charge in [0.25, 0.3) is 0 Å². The van der Waals surface area contributed by atoms with Gasteiger partial charge in [-0.05, 0) is 39.8 Å². The lowest BCUT2D eigenvalue weighted by atomic mass is 10.2. The maximum absolute atomic E-state index is 11.2. The van der Waals surface area contributed by atoms with Gasteiger partial charge in [0.2, 0.25) is 0 Å². The minimum atomic E-state index is -0.544. The zero-order valence-electron chi connectivity index (χ0n) is 9.90. The Balaban J connectivity index is 2.40. The van der Waals surface area contributed by atoms with Gasteiger partial charge >= 0.3 is 6.09 Å². The minimum Gasteiger partial charge on any atom is -0.443 e. The fourth-order valence-corrected chi connectivity index (χ4v) is 1.72. The molecule has 1 heterocycles. The number of nitrogens with zero attached hydrogens (tertiary/aromatic N) is 1. The Morgan fingerprint density at radius 2 is 2.19 bits per heavy atom. The lowest BCUT2D eigenvalue weighted by molar-refractivity contribution is 0.0529. The van der Waals surface area contributed by atoms with Gasteiger partial charge in [-0.1, -0.05) is 0 Å². The maximum atomic E-state index is 11.2. The van der Waals surface area contributed by atoms with Crippen LogP contribution in [-0.4, -0.2) is 17.9 Å². The second-order valence-corrected chi connectivity index (χ2v) is 5.64. The van der Waals surface area contributed by atoms with Crippen LogP contribution in [0.25, 0.3) is 0 Å². The molecular weight excluding hydrogens is 224 g/mol. The summed E-state index contributed by atoms with van der Waals surface area (Å²) < 4.78 is 5.02. The van der Waals surface area contributed by atoms with Crippen molar-refractivity contribution in [1.82, 2.24) is 5.43 Å². The molecule has 5 heteroatoms. The van der Waals surface area contributed by atoms with Crippen LogP contribution in [0, 0.1) is 6.92 Å². The average Bonchev–Trinajstić information content (AvgIpc) is 2.48. The molecule has 0 radical (unpaired) electrons. The lowest BCUT2D eigenvalue weighted by Gasteiger charge is -2.18. The zero-order chi connectivity index (χ0) is 12.2. The van der Waals surface area contributed by atoms with Crippen LogP contribution in [-0.2, 0) is 4.74 Å². The quantitative estimate of drug-likeness (QED) is 0.638. The highest BCUT2D eigenvalue weighted by Crippen LogP contribution is 2.12. The van der Waals surface area contributed by atoms with Crippen molar-refractivity contribution in [2.45, 2.75) is 33.3 Å². The highest BCUT2D eigenvalue weighted by molar-refractivity contribution is 7.13. The molecule has 1 aromatic heterocycles. The summed E-state index contributed by atoms with van der Waals surface area (Å²) in [6.45, 7) is 7.43. The van der Waals surface area contributed by atoms with E-state index in [1.165, 1.54) is 4.88 Å². The molecule has 0 bridgehead atoms. The number of amides is 1. The third-order valence-corrected chi connectivity index (χ3v) is 2.44. The van der Waals surface area contributed by atoms with E-state index < -0.39 is 11.7 Å². The maximum Gasteiger partial charge on any atom is 0.428 e. The molecule has 0 spiro atoms. The normalized spacial score (nSPS) is 11.8. The molecule has 0 atom stereocenters. The first-order chi connectivity index (χ1) is 7.37. The van der Waals surface area contributed by atoms with Gasteiger partial charge in [0, 0.05) is 9.75 Å². The summed E-state index contributed by atoms with van der Waals surface area (Å²) in [5.74, 6) is 0. The van der Waals surface area contributed by atoms with Gasteiger partial charge in [0.1, 0.15) is 5.60 Å². The lowest BCUT2D eigenvalue weighted by Crippen LogP contribution is -2.29. The standard InChI is InChI=1S/C11H16N2O2S/c1-8-5-6-9(16-8)7-12-13-10(14)15-11(2,3)4/h5-7H,1-4H3,(H,13,14). The summed E-state index contributed by atoms with van der Waals surface area (Å²) in [5, 5.41) is 3.80. The SMILES string of the molecule is Cc1ccc(C=NNC(=O)OC(C)(C)C)s1. The summed E-state index contributed by atoms with van der Waals surface area (Å²) in [5.41, 5.74) is 1.81. The summed E-state index contributed by atoms with van der Waals surface area (Å²) >= 11 is 1.61. The van der Waals surface area contributed by atoms with E-state index in [1.807, 2.05) is 19.1 Å². The molecule has 0 saturated carbocycles. The number of ether oxygens (including phenoxy) is 1. The molecule has 88 valence electrons. The smallest absolute Gasteiger partial charge is 0.428 e. The molecular formula is C11H16N2O2S. The van der Waals surface area contributed by atoms with E-state index in [9.17, 15) is 4.79 Å². The monoisotopic (exact) mass is 240 g/mol. The van der Waals surface area contributed by atoms with Crippen molar-refractivity contribution in [3.63, 3.8) is 0 Å². The van der Waals surface area contributed by atoms with Crippen LogP contribution in [0.1, 0.15) is 30.5 Å². The number of hydrogen-bond donors (Lipinski definition) is 1. The van der Waals surface area contributed by atoms with Crippen molar-refractivity contribution in [2.24, 2.45) is 5.10 Å². The van der Waals surface area contributed by atoms with Crippen LogP contribution in [0.2, 0.25) is 0 Å². The Morgan fingerprint density at radius 3 is 2.69 bits per heavy atom. The van der Waals surface area contributed by atoms with Crippen molar-refractivity contribution in [3.8, 4) is 0 Å². The molecule has 16 heavy (non-hydrogen) atoms. The van der Waals surface area contributed by atoms with Gasteiger partial charge < -0.3 is 4.74 Å². The molecule has 1 rings (SSSR count). The predicted molar refractivity (Wildman–Crippen MR) is 66.0 cm³/mol. The first-order valence-corrected chi connectivity index (χ1v) is 5.77. The van der Waals surface area contributed by atoms with Crippen molar-refractivity contribution in [1.29, 1.82) is 0 Å². The number of thiophene rings is 1. The van der Waals surface area contributed by atoms with Gasteiger partial charge in [0.15, 0.2) is 0 Å². The van der Waals surface area contributed by atoms with Crippen LogP contribution >= 0.6 is 11.3 Å². The van der Waals surface area contributed by atoms with E-state index in [2.05, 4.69) is 10.5 Å². The Hall–Kier alpha value is -1.36. The van der Waals surface area contributed by atoms with Crippen molar-refractivity contribution in [2.75, 3.05) is 0 Å². The highest BCUT2D eigenvalue weighted by atomic mass is 32.1. The average molecular weight is 240 g/mol. The van der Waals surface area contributed by atoms with Crippen LogP contribution in [0.3, 0.4) is 0 Å². The van der Waals surface area contributed by atoms with Gasteiger partial charge in [-0.3, -0.25) is 0 Å². The first-order valence-electron chi connectivity index (χ1n) is 4.95. The van der Waals surface area contributed by atoms with Crippen molar-refractivity contribution in [3.05, 3.63) is 21.9 Å². The van der Waals surface area contributed by atoms with Gasteiger partial charge in [-0.15, -0.1) is 11.3 Å². The highest BCUT2D eigenvalue weighted by Gasteiger charge is 2.15. The van der Waals surface area contributed by atoms with Gasteiger partial charge in [0.05, 0.1) is 6.21 Å². The second kappa shape index (κ2) is 5.12. The molecule has 4 nitrogen and oxygen atoms in total. The van der Waals surface area contributed by atoms with E-state index >= 15 is 0 Å². The number of hydrazone groups is 1. The molecule has 0 unspecified atom stereocenters. The van der Waals surface area contributed by atoms with E-state index in [0.29, 0.717) is 0 Å². The van der Waals surface area contributed by atoms with E-state index in [4.69, 9.17) is 4.74 Å². The number of hydrogen-bond acceptors (Lipinski definition) is 4. The molecule has 0 fully saturated rings. The number of nitrogens with one attached hydrogen (secondary N) is 1. The van der Waals surface area contributed by atoms with Crippen LogP contribution in [0.4, 0.5) is 4.79 Å². The van der Waals surface area contributed by atoms with E-state index in [0.717, 1.165) is 4.88 Å². The topological polar surface area (TPSA) is 50.7 Å². The third-order valence-electron chi connectivity index (χ3n) is 1.51. The number of rotatable bonds is 2. The van der Waals surface area contributed by atoms with Gasteiger partial charge in [-0.25, -0.2) is 10.2 Å². The van der Waals surface area contributed by atoms with E-state index in [-0.39, 0.29) is 0 Å². The predicted octanol–water partition coefficient (Wildman–Crippen LogP) is 2.92. The zero-order valence-corrected chi connectivity index (χ0v) is 10.7. The molecule has 1 aromatic rings. The van der Waals surface area contributed by atoms with Crippen LogP contribution in [0.15, 0.2) is 17.2 Å². The van der Waals surface area contributed by atoms with Gasteiger partial charge in [-0.2, -0.15) is 5.10 Å². The Bertz CT molecular complexity index is 391. The Kier molecular flexibility index (Phi) is 4.06.